The van der Waals surface area contributed by atoms with Crippen LogP contribution in [0.3, 0.4) is 0 Å². The molecule has 0 bridgehead atoms. The van der Waals surface area contributed by atoms with Crippen LogP contribution >= 0.6 is 38.5 Å². The van der Waals surface area contributed by atoms with E-state index in [1.807, 2.05) is 0 Å². The first kappa shape index (κ1) is 11.7. The van der Waals surface area contributed by atoms with Gasteiger partial charge in [-0.05, 0) is 68.6 Å². The zero-order chi connectivity index (χ0) is 11.0. The Morgan fingerprint density at radius 2 is 2.07 bits per heavy atom. The minimum atomic E-state index is 0.816. The number of nitrogens with zero attached hydrogens (tertiary/aromatic N) is 1. The average molecular weight is 380 g/mol. The van der Waals surface area contributed by atoms with Crippen LogP contribution < -0.4 is 4.90 Å². The van der Waals surface area contributed by atoms with Gasteiger partial charge < -0.3 is 4.90 Å². The monoisotopic (exact) mass is 379 g/mol. The highest BCUT2D eigenvalue weighted by Gasteiger charge is 2.29. The average Bonchev–Trinajstić information content (AvgIpc) is 2.08. The maximum absolute atomic E-state index is 3.53. The van der Waals surface area contributed by atoms with Gasteiger partial charge in [-0.3, -0.25) is 0 Å². The van der Waals surface area contributed by atoms with E-state index in [0.717, 1.165) is 11.8 Å². The minimum Gasteiger partial charge on any atom is -0.371 e. The molecule has 2 rings (SSSR count). The maximum Gasteiger partial charge on any atom is 0.0377 e. The van der Waals surface area contributed by atoms with Crippen molar-refractivity contribution in [2.24, 2.45) is 11.8 Å². The van der Waals surface area contributed by atoms with Crippen molar-refractivity contribution in [2.45, 2.75) is 13.8 Å². The Labute approximate surface area is 114 Å². The van der Waals surface area contributed by atoms with Crippen molar-refractivity contribution in [3.63, 3.8) is 0 Å². The van der Waals surface area contributed by atoms with Crippen LogP contribution in [0.2, 0.25) is 0 Å². The van der Waals surface area contributed by atoms with Gasteiger partial charge in [0.05, 0.1) is 0 Å². The fourth-order valence-electron chi connectivity index (χ4n) is 1.83. The van der Waals surface area contributed by atoms with E-state index >= 15 is 0 Å². The molecular weight excluding hydrogens is 365 g/mol. The third-order valence-electron chi connectivity index (χ3n) is 3.12. The second-order valence-corrected chi connectivity index (χ2v) is 6.52. The van der Waals surface area contributed by atoms with E-state index in [-0.39, 0.29) is 0 Å². The minimum absolute atomic E-state index is 0.816. The van der Waals surface area contributed by atoms with Crippen LogP contribution in [0.15, 0.2) is 22.7 Å². The number of benzene rings is 1. The van der Waals surface area contributed by atoms with E-state index in [1.165, 1.54) is 26.8 Å². The molecule has 0 atom stereocenters. The Morgan fingerprint density at radius 3 is 2.60 bits per heavy atom. The summed E-state index contributed by atoms with van der Waals surface area (Å²) in [6, 6.07) is 6.59. The van der Waals surface area contributed by atoms with Crippen molar-refractivity contribution < 1.29 is 0 Å². The van der Waals surface area contributed by atoms with Crippen LogP contribution in [-0.4, -0.2) is 13.1 Å². The first-order chi connectivity index (χ1) is 7.08. The number of rotatable bonds is 2. The van der Waals surface area contributed by atoms with Gasteiger partial charge in [0.1, 0.15) is 0 Å². The molecule has 0 amide bonds. The summed E-state index contributed by atoms with van der Waals surface area (Å²) in [6.07, 6.45) is 0. The number of halogens is 2. The number of anilines is 1. The highest BCUT2D eigenvalue weighted by molar-refractivity contribution is 14.1. The lowest BCUT2D eigenvalue weighted by molar-refractivity contribution is 0.310. The van der Waals surface area contributed by atoms with Crippen LogP contribution in [0.5, 0.6) is 0 Å². The van der Waals surface area contributed by atoms with E-state index in [4.69, 9.17) is 0 Å². The molecule has 0 aromatic heterocycles. The van der Waals surface area contributed by atoms with E-state index < -0.39 is 0 Å². The molecule has 1 aliphatic heterocycles. The standard InChI is InChI=1S/C12H15BrIN/c1-8(2)9-6-15(7-9)10-3-4-11(13)12(14)5-10/h3-5,8-9H,6-7H2,1-2H3. The SMILES string of the molecule is CC(C)C1CN(c2ccc(Br)c(I)c2)C1. The van der Waals surface area contributed by atoms with Crippen LogP contribution in [0.25, 0.3) is 0 Å². The third-order valence-corrected chi connectivity index (χ3v) is 5.45. The summed E-state index contributed by atoms with van der Waals surface area (Å²) < 4.78 is 2.48. The van der Waals surface area contributed by atoms with Gasteiger partial charge in [-0.1, -0.05) is 13.8 Å². The van der Waals surface area contributed by atoms with Gasteiger partial charge in [-0.2, -0.15) is 0 Å². The van der Waals surface area contributed by atoms with Crippen molar-refractivity contribution in [1.29, 1.82) is 0 Å². The molecule has 1 aliphatic rings. The van der Waals surface area contributed by atoms with Crippen molar-refractivity contribution in [2.75, 3.05) is 18.0 Å². The molecule has 0 N–H and O–H groups in total. The van der Waals surface area contributed by atoms with E-state index in [0.29, 0.717) is 0 Å². The number of hydrogen-bond acceptors (Lipinski definition) is 1. The normalized spacial score (nSPS) is 17.0. The summed E-state index contributed by atoms with van der Waals surface area (Å²) in [5.41, 5.74) is 1.36. The lowest BCUT2D eigenvalue weighted by Gasteiger charge is -2.43. The maximum atomic E-state index is 3.53. The highest BCUT2D eigenvalue weighted by Crippen LogP contribution is 2.31. The molecule has 1 aromatic carbocycles. The molecule has 0 unspecified atom stereocenters. The Balaban J connectivity index is 2.04. The second kappa shape index (κ2) is 4.62. The molecule has 0 radical (unpaired) electrons. The molecule has 0 aliphatic carbocycles. The van der Waals surface area contributed by atoms with Crippen LogP contribution in [-0.2, 0) is 0 Å². The highest BCUT2D eigenvalue weighted by atomic mass is 127. The fraction of sp³-hybridized carbons (Fsp3) is 0.500. The van der Waals surface area contributed by atoms with Gasteiger partial charge in [-0.15, -0.1) is 0 Å². The smallest absolute Gasteiger partial charge is 0.0377 e. The van der Waals surface area contributed by atoms with E-state index in [2.05, 4.69) is 75.5 Å². The summed E-state index contributed by atoms with van der Waals surface area (Å²) in [6.45, 7) is 7.06. The molecule has 1 saturated heterocycles. The van der Waals surface area contributed by atoms with Crippen molar-refractivity contribution in [3.05, 3.63) is 26.2 Å². The summed E-state index contributed by atoms with van der Waals surface area (Å²) >= 11 is 5.90. The Hall–Kier alpha value is 0.230. The molecule has 3 heteroatoms. The topological polar surface area (TPSA) is 3.24 Å². The zero-order valence-electron chi connectivity index (χ0n) is 9.00. The Bertz CT molecular complexity index is 359. The van der Waals surface area contributed by atoms with Gasteiger partial charge in [-0.25, -0.2) is 0 Å². The van der Waals surface area contributed by atoms with Crippen molar-refractivity contribution in [3.8, 4) is 0 Å². The van der Waals surface area contributed by atoms with Gasteiger partial charge >= 0.3 is 0 Å². The van der Waals surface area contributed by atoms with Gasteiger partial charge in [0.15, 0.2) is 0 Å². The molecule has 82 valence electrons. The summed E-state index contributed by atoms with van der Waals surface area (Å²) in [4.78, 5) is 2.46. The predicted molar refractivity (Wildman–Crippen MR) is 77.4 cm³/mol. The zero-order valence-corrected chi connectivity index (χ0v) is 12.7. The predicted octanol–water partition coefficient (Wildman–Crippen LogP) is 4.15. The van der Waals surface area contributed by atoms with Crippen LogP contribution in [0.4, 0.5) is 5.69 Å². The molecule has 1 heterocycles. The van der Waals surface area contributed by atoms with Crippen molar-refractivity contribution >= 4 is 44.2 Å². The molecule has 1 aromatic rings. The molecule has 0 spiro atoms. The summed E-state index contributed by atoms with van der Waals surface area (Å²) in [7, 11) is 0. The lowest BCUT2D eigenvalue weighted by Crippen LogP contribution is -2.49. The lowest BCUT2D eigenvalue weighted by atomic mass is 9.88. The first-order valence-electron chi connectivity index (χ1n) is 5.28. The first-order valence-corrected chi connectivity index (χ1v) is 7.15. The van der Waals surface area contributed by atoms with Gasteiger partial charge in [0, 0.05) is 26.8 Å². The van der Waals surface area contributed by atoms with Crippen molar-refractivity contribution in [1.82, 2.24) is 0 Å². The fourth-order valence-corrected chi connectivity index (χ4v) is 2.57. The second-order valence-electron chi connectivity index (χ2n) is 4.51. The summed E-state index contributed by atoms with van der Waals surface area (Å²) in [5, 5.41) is 0. The van der Waals surface area contributed by atoms with Gasteiger partial charge in [0.25, 0.3) is 0 Å². The molecule has 15 heavy (non-hydrogen) atoms. The van der Waals surface area contributed by atoms with Crippen LogP contribution in [0, 0.1) is 15.4 Å². The largest absolute Gasteiger partial charge is 0.371 e. The summed E-state index contributed by atoms with van der Waals surface area (Å²) in [5.74, 6) is 1.70. The van der Waals surface area contributed by atoms with Gasteiger partial charge in [0.2, 0.25) is 0 Å². The Morgan fingerprint density at radius 1 is 1.40 bits per heavy atom. The molecule has 1 nitrogen and oxygen atoms in total. The quantitative estimate of drug-likeness (QED) is 0.698. The molecule has 1 fully saturated rings. The Kier molecular flexibility index (Phi) is 3.60. The van der Waals surface area contributed by atoms with E-state index in [9.17, 15) is 0 Å². The van der Waals surface area contributed by atoms with Crippen LogP contribution in [0.1, 0.15) is 13.8 Å². The number of hydrogen-bond donors (Lipinski definition) is 0. The molecular formula is C12H15BrIN. The van der Waals surface area contributed by atoms with E-state index in [1.54, 1.807) is 0 Å². The molecule has 0 saturated carbocycles. The third kappa shape index (κ3) is 2.49.